The highest BCUT2D eigenvalue weighted by Crippen LogP contribution is 2.44. The van der Waals surface area contributed by atoms with Crippen LogP contribution >= 0.6 is 0 Å². The summed E-state index contributed by atoms with van der Waals surface area (Å²) in [6.45, 7) is 0.847. The predicted molar refractivity (Wildman–Crippen MR) is 113 cm³/mol. The molecule has 2 N–H and O–H groups in total. The molecule has 0 unspecified atom stereocenters. The molecular weight excluding hydrogens is 398 g/mol. The van der Waals surface area contributed by atoms with Crippen molar-refractivity contribution in [3.05, 3.63) is 53.1 Å². The van der Waals surface area contributed by atoms with Gasteiger partial charge in [0.1, 0.15) is 16.8 Å². The van der Waals surface area contributed by atoms with Gasteiger partial charge in [-0.05, 0) is 72.1 Å². The monoisotopic (exact) mass is 423 g/mol. The Bertz CT molecular complexity index is 1070. The number of ether oxygens (including phenoxy) is 1. The summed E-state index contributed by atoms with van der Waals surface area (Å²) in [6, 6.07) is 11.1. The second kappa shape index (κ2) is 9.59. The maximum absolute atomic E-state index is 13.0. The fourth-order valence-electron chi connectivity index (χ4n) is 3.65. The molecule has 1 aliphatic carbocycles. The molecule has 1 aromatic heterocycles. The van der Waals surface area contributed by atoms with Gasteiger partial charge in [-0.1, -0.05) is 18.2 Å². The maximum Gasteiger partial charge on any atom is 0.303 e. The van der Waals surface area contributed by atoms with E-state index in [-0.39, 0.29) is 12.3 Å². The van der Waals surface area contributed by atoms with Crippen LogP contribution in [0.25, 0.3) is 11.0 Å². The molecule has 1 fully saturated rings. The molecule has 0 spiro atoms. The van der Waals surface area contributed by atoms with Gasteiger partial charge in [0.15, 0.2) is 0 Å². The molecule has 8 heteroatoms. The molecule has 0 atom stereocenters. The van der Waals surface area contributed by atoms with Crippen molar-refractivity contribution in [2.75, 3.05) is 6.61 Å². The van der Waals surface area contributed by atoms with E-state index in [0.29, 0.717) is 42.1 Å². The van der Waals surface area contributed by atoms with Crippen molar-refractivity contribution < 1.29 is 24.1 Å². The van der Waals surface area contributed by atoms with Crippen molar-refractivity contribution in [3.8, 4) is 5.75 Å². The van der Waals surface area contributed by atoms with E-state index in [4.69, 9.17) is 14.5 Å². The second-order valence-electron chi connectivity index (χ2n) is 7.78. The van der Waals surface area contributed by atoms with Crippen molar-refractivity contribution in [1.82, 2.24) is 15.6 Å². The number of carbonyl (C=O) groups is 2. The summed E-state index contributed by atoms with van der Waals surface area (Å²) in [4.78, 5) is 23.5. The molecule has 8 nitrogen and oxygen atoms in total. The van der Waals surface area contributed by atoms with Crippen LogP contribution in [0, 0.1) is 0 Å². The minimum Gasteiger partial charge on any atom is -0.493 e. The van der Waals surface area contributed by atoms with E-state index in [1.165, 1.54) is 0 Å². The minimum absolute atomic E-state index is 0.157. The molecule has 4 rings (SSSR count). The molecule has 162 valence electrons. The summed E-state index contributed by atoms with van der Waals surface area (Å²) >= 11 is 0. The number of hydrogen-bond acceptors (Lipinski definition) is 6. The van der Waals surface area contributed by atoms with E-state index >= 15 is 0 Å². The molecule has 0 radical (unpaired) electrons. The number of amides is 1. The first-order valence-electron chi connectivity index (χ1n) is 10.6. The summed E-state index contributed by atoms with van der Waals surface area (Å²) < 4.78 is 10.7. The number of fused-ring (bicyclic) bond motifs is 1. The summed E-state index contributed by atoms with van der Waals surface area (Å²) in [5.41, 5.74) is 3.76. The topological polar surface area (TPSA) is 115 Å². The highest BCUT2D eigenvalue weighted by molar-refractivity contribution is 6.00. The van der Waals surface area contributed by atoms with Crippen LogP contribution in [0.3, 0.4) is 0 Å². The minimum atomic E-state index is -0.772. The van der Waals surface area contributed by atoms with Gasteiger partial charge in [-0.15, -0.1) is 0 Å². The molecule has 0 bridgehead atoms. The number of carboxylic acid groups (broad SMARTS) is 1. The molecule has 1 aliphatic rings. The number of hydrogen-bond donors (Lipinski definition) is 2. The molecular formula is C23H25N3O5. The van der Waals surface area contributed by atoms with Crippen molar-refractivity contribution in [1.29, 1.82) is 0 Å². The lowest BCUT2D eigenvalue weighted by Crippen LogP contribution is -2.24. The van der Waals surface area contributed by atoms with Crippen molar-refractivity contribution in [3.63, 3.8) is 0 Å². The van der Waals surface area contributed by atoms with Gasteiger partial charge in [0.05, 0.1) is 6.61 Å². The first-order chi connectivity index (χ1) is 15.1. The zero-order valence-electron chi connectivity index (χ0n) is 17.2. The largest absolute Gasteiger partial charge is 0.493 e. The molecule has 0 saturated heterocycles. The van der Waals surface area contributed by atoms with E-state index in [1.54, 1.807) is 12.1 Å². The third-order valence-electron chi connectivity index (χ3n) is 5.40. The van der Waals surface area contributed by atoms with Gasteiger partial charge >= 0.3 is 5.97 Å². The van der Waals surface area contributed by atoms with Gasteiger partial charge in [-0.25, -0.2) is 4.63 Å². The molecule has 2 aromatic carbocycles. The molecule has 3 aromatic rings. The normalized spacial score (nSPS) is 13.3. The Hall–Kier alpha value is -3.42. The molecule has 1 heterocycles. The average molecular weight is 423 g/mol. The Morgan fingerprint density at radius 2 is 1.94 bits per heavy atom. The first-order valence-corrected chi connectivity index (χ1v) is 10.6. The van der Waals surface area contributed by atoms with E-state index in [9.17, 15) is 9.59 Å². The summed E-state index contributed by atoms with van der Waals surface area (Å²) in [7, 11) is 0. The number of nitrogens with zero attached hydrogens (tertiary/aromatic N) is 2. The van der Waals surface area contributed by atoms with Gasteiger partial charge < -0.3 is 15.2 Å². The van der Waals surface area contributed by atoms with Crippen LogP contribution in [0.15, 0.2) is 41.0 Å². The van der Waals surface area contributed by atoms with Crippen molar-refractivity contribution in [2.45, 2.75) is 51.0 Å². The fraction of sp³-hybridized carbons (Fsp3) is 0.391. The number of aromatic nitrogens is 2. The number of aliphatic carboxylic acids is 1. The van der Waals surface area contributed by atoms with Gasteiger partial charge in [0.25, 0.3) is 5.91 Å². The highest BCUT2D eigenvalue weighted by Gasteiger charge is 2.31. The van der Waals surface area contributed by atoms with Crippen LogP contribution in [-0.4, -0.2) is 33.9 Å². The number of carboxylic acids is 1. The quantitative estimate of drug-likeness (QED) is 0.447. The van der Waals surface area contributed by atoms with E-state index < -0.39 is 5.97 Å². The molecule has 1 saturated carbocycles. The van der Waals surface area contributed by atoms with E-state index in [0.717, 1.165) is 42.6 Å². The van der Waals surface area contributed by atoms with Gasteiger partial charge in [0.2, 0.25) is 0 Å². The lowest BCUT2D eigenvalue weighted by Gasteiger charge is -2.13. The molecule has 0 aliphatic heterocycles. The number of unbranched alkanes of at least 4 members (excludes halogenated alkanes) is 2. The SMILES string of the molecule is O=C(O)CCCCCOc1ccccc1CNC(=O)c1ccc2nonc2c1C1CC1. The van der Waals surface area contributed by atoms with Crippen molar-refractivity contribution >= 4 is 22.9 Å². The number of nitrogens with one attached hydrogen (secondary N) is 1. The average Bonchev–Trinajstić information content (AvgIpc) is 3.50. The predicted octanol–water partition coefficient (Wildman–Crippen LogP) is 4.05. The van der Waals surface area contributed by atoms with Crippen LogP contribution in [-0.2, 0) is 11.3 Å². The number of benzene rings is 2. The second-order valence-corrected chi connectivity index (χ2v) is 7.78. The molecule has 1 amide bonds. The van der Waals surface area contributed by atoms with Crippen LogP contribution in [0.1, 0.15) is 65.9 Å². The van der Waals surface area contributed by atoms with Crippen LogP contribution in [0.5, 0.6) is 5.75 Å². The lowest BCUT2D eigenvalue weighted by atomic mass is 10.0. The highest BCUT2D eigenvalue weighted by atomic mass is 16.6. The summed E-state index contributed by atoms with van der Waals surface area (Å²) in [5, 5.41) is 19.6. The van der Waals surface area contributed by atoms with Crippen LogP contribution < -0.4 is 10.1 Å². The Morgan fingerprint density at radius 1 is 1.10 bits per heavy atom. The van der Waals surface area contributed by atoms with Crippen LogP contribution in [0.2, 0.25) is 0 Å². The van der Waals surface area contributed by atoms with Gasteiger partial charge in [-0.2, -0.15) is 0 Å². The van der Waals surface area contributed by atoms with Gasteiger partial charge in [-0.3, -0.25) is 9.59 Å². The van der Waals surface area contributed by atoms with E-state index in [1.807, 2.05) is 24.3 Å². The zero-order valence-corrected chi connectivity index (χ0v) is 17.2. The zero-order chi connectivity index (χ0) is 21.6. The van der Waals surface area contributed by atoms with Crippen molar-refractivity contribution in [2.24, 2.45) is 0 Å². The maximum atomic E-state index is 13.0. The third-order valence-corrected chi connectivity index (χ3v) is 5.40. The van der Waals surface area contributed by atoms with Crippen LogP contribution in [0.4, 0.5) is 0 Å². The summed E-state index contributed by atoms with van der Waals surface area (Å²) in [6.07, 6.45) is 4.48. The first kappa shape index (κ1) is 20.8. The fourth-order valence-corrected chi connectivity index (χ4v) is 3.65. The standard InChI is InChI=1S/C23H25N3O5/c27-20(28)8-2-1-5-13-30-19-7-4-3-6-16(19)14-24-23(29)17-11-12-18-22(26-31-25-18)21(17)15-9-10-15/h3-4,6-7,11-12,15H,1-2,5,8-10,13-14H2,(H,24,29)(H,27,28). The van der Waals surface area contributed by atoms with E-state index in [2.05, 4.69) is 15.6 Å². The Balaban J connectivity index is 1.36. The number of rotatable bonds is 11. The Morgan fingerprint density at radius 3 is 2.74 bits per heavy atom. The molecule has 31 heavy (non-hydrogen) atoms. The Kier molecular flexibility index (Phi) is 6.45. The van der Waals surface area contributed by atoms with Gasteiger partial charge in [0, 0.05) is 24.1 Å². The summed E-state index contributed by atoms with van der Waals surface area (Å²) in [5.74, 6) is 0.119. The number of para-hydroxylation sites is 1. The Labute approximate surface area is 179 Å². The third kappa shape index (κ3) is 5.20. The lowest BCUT2D eigenvalue weighted by molar-refractivity contribution is -0.137. The smallest absolute Gasteiger partial charge is 0.303 e. The number of carbonyl (C=O) groups excluding carboxylic acids is 1.